The van der Waals surface area contributed by atoms with E-state index in [1.807, 2.05) is 23.0 Å². The molecule has 0 unspecified atom stereocenters. The third-order valence-electron chi connectivity index (χ3n) is 6.12. The van der Waals surface area contributed by atoms with Crippen molar-refractivity contribution in [2.45, 2.75) is 71.8 Å². The van der Waals surface area contributed by atoms with Crippen molar-refractivity contribution in [2.75, 3.05) is 5.75 Å². The number of rotatable bonds is 13. The Morgan fingerprint density at radius 2 is 1.57 bits per heavy atom. The number of nitrogens with zero attached hydrogens (tertiary/aromatic N) is 2. The molecule has 0 radical (unpaired) electrons. The summed E-state index contributed by atoms with van der Waals surface area (Å²) in [5.74, 6) is -0.114. The van der Waals surface area contributed by atoms with Crippen molar-refractivity contribution < 1.29 is 13.2 Å². The average molecular weight is 496 g/mol. The number of sulfonamides is 1. The summed E-state index contributed by atoms with van der Waals surface area (Å²) in [7, 11) is -3.63. The third-order valence-corrected chi connectivity index (χ3v) is 7.44. The summed E-state index contributed by atoms with van der Waals surface area (Å²) < 4.78 is 28.6. The zero-order valence-corrected chi connectivity index (χ0v) is 21.9. The summed E-state index contributed by atoms with van der Waals surface area (Å²) in [5.41, 5.74) is 4.66. The Kier molecular flexibility index (Phi) is 9.66. The molecule has 2 aromatic carbocycles. The highest BCUT2D eigenvalue weighted by Crippen LogP contribution is 2.20. The molecule has 35 heavy (non-hydrogen) atoms. The van der Waals surface area contributed by atoms with Crippen LogP contribution in [0.4, 0.5) is 0 Å². The van der Waals surface area contributed by atoms with E-state index in [4.69, 9.17) is 0 Å². The first-order valence-electron chi connectivity index (χ1n) is 12.5. The minimum Gasteiger partial charge on any atom is -0.268 e. The van der Waals surface area contributed by atoms with E-state index in [2.05, 4.69) is 54.9 Å². The second-order valence-electron chi connectivity index (χ2n) is 9.42. The summed E-state index contributed by atoms with van der Waals surface area (Å²) in [6, 6.07) is 15.5. The summed E-state index contributed by atoms with van der Waals surface area (Å²) in [6.45, 7) is 7.18. The van der Waals surface area contributed by atoms with E-state index in [-0.39, 0.29) is 5.75 Å². The second-order valence-corrected chi connectivity index (χ2v) is 11.3. The molecule has 0 atom stereocenters. The fourth-order valence-electron chi connectivity index (χ4n) is 3.93. The summed E-state index contributed by atoms with van der Waals surface area (Å²) in [6.07, 6.45) is 9.67. The van der Waals surface area contributed by atoms with Gasteiger partial charge in [-0.1, -0.05) is 89.3 Å². The van der Waals surface area contributed by atoms with Gasteiger partial charge < -0.3 is 0 Å². The number of amides is 1. The predicted molar refractivity (Wildman–Crippen MR) is 142 cm³/mol. The molecule has 6 nitrogen and oxygen atoms in total. The zero-order valence-electron chi connectivity index (χ0n) is 21.0. The molecule has 0 bridgehead atoms. The van der Waals surface area contributed by atoms with Gasteiger partial charge in [0, 0.05) is 17.3 Å². The lowest BCUT2D eigenvalue weighted by Crippen LogP contribution is -2.32. The second kappa shape index (κ2) is 12.7. The number of carbonyl (C=O) groups is 1. The predicted octanol–water partition coefficient (Wildman–Crippen LogP) is 6.14. The Morgan fingerprint density at radius 3 is 2.23 bits per heavy atom. The fraction of sp³-hybridized carbons (Fsp3) is 0.429. The van der Waals surface area contributed by atoms with Gasteiger partial charge in [-0.05, 0) is 41.2 Å². The molecular weight excluding hydrogens is 458 g/mol. The van der Waals surface area contributed by atoms with Crippen molar-refractivity contribution in [1.82, 2.24) is 14.5 Å². The van der Waals surface area contributed by atoms with Gasteiger partial charge in [0.05, 0.1) is 18.5 Å². The van der Waals surface area contributed by atoms with E-state index in [1.165, 1.54) is 17.5 Å². The van der Waals surface area contributed by atoms with Gasteiger partial charge in [-0.15, -0.1) is 0 Å². The zero-order chi connectivity index (χ0) is 25.3. The molecule has 3 aromatic rings. The summed E-state index contributed by atoms with van der Waals surface area (Å²) in [5, 5.41) is 4.46. The van der Waals surface area contributed by atoms with Crippen molar-refractivity contribution in [2.24, 2.45) is 0 Å². The van der Waals surface area contributed by atoms with Crippen molar-refractivity contribution in [3.8, 4) is 11.1 Å². The van der Waals surface area contributed by atoms with Crippen LogP contribution < -0.4 is 4.72 Å². The highest BCUT2D eigenvalue weighted by atomic mass is 32.2. The van der Waals surface area contributed by atoms with Gasteiger partial charge >= 0.3 is 0 Å². The monoisotopic (exact) mass is 495 g/mol. The average Bonchev–Trinajstić information content (AvgIpc) is 3.30. The third kappa shape index (κ3) is 8.35. The molecule has 0 fully saturated rings. The van der Waals surface area contributed by atoms with Gasteiger partial charge in [0.2, 0.25) is 10.0 Å². The fourth-order valence-corrected chi connectivity index (χ4v) is 5.02. The number of benzene rings is 2. The molecule has 0 aliphatic heterocycles. The van der Waals surface area contributed by atoms with Gasteiger partial charge in [-0.25, -0.2) is 13.1 Å². The van der Waals surface area contributed by atoms with Gasteiger partial charge in [0.15, 0.2) is 0 Å². The Balaban J connectivity index is 1.54. The molecule has 1 amide bonds. The Bertz CT molecular complexity index is 1180. The first kappa shape index (κ1) is 26.7. The maximum absolute atomic E-state index is 12.4. The number of nitrogens with one attached hydrogen (secondary N) is 1. The lowest BCUT2D eigenvalue weighted by molar-refractivity contribution is 0.0981. The van der Waals surface area contributed by atoms with E-state index in [0.29, 0.717) is 24.4 Å². The molecule has 0 spiro atoms. The smallest absolute Gasteiger partial charge is 0.264 e. The lowest BCUT2D eigenvalue weighted by Gasteiger charge is -2.08. The van der Waals surface area contributed by atoms with Crippen molar-refractivity contribution in [3.05, 3.63) is 77.6 Å². The van der Waals surface area contributed by atoms with Crippen LogP contribution in [0, 0.1) is 0 Å². The number of hydrogen-bond acceptors (Lipinski definition) is 4. The standard InChI is InChI=1S/C28H37N3O3S/c1-4-5-6-7-8-9-18-35(33,34)30-28(32)26-16-14-25(15-17-26)27-19-29-31(21-27)20-23-10-12-24(13-11-23)22(2)3/h10-17,19,21-22H,4-9,18,20H2,1-3H3,(H,30,32). The van der Waals surface area contributed by atoms with E-state index >= 15 is 0 Å². The maximum atomic E-state index is 12.4. The Labute approximate surface area is 209 Å². The van der Waals surface area contributed by atoms with Crippen LogP contribution >= 0.6 is 0 Å². The van der Waals surface area contributed by atoms with Crippen LogP contribution in [0.5, 0.6) is 0 Å². The van der Waals surface area contributed by atoms with Crippen LogP contribution in [0.3, 0.4) is 0 Å². The van der Waals surface area contributed by atoms with Gasteiger partial charge in [0.25, 0.3) is 5.91 Å². The van der Waals surface area contributed by atoms with Crippen molar-refractivity contribution in [1.29, 1.82) is 0 Å². The normalized spacial score (nSPS) is 11.7. The first-order valence-corrected chi connectivity index (χ1v) is 14.2. The van der Waals surface area contributed by atoms with E-state index < -0.39 is 15.9 Å². The molecule has 1 heterocycles. The number of aromatic nitrogens is 2. The van der Waals surface area contributed by atoms with Crippen LogP contribution in [-0.4, -0.2) is 29.9 Å². The quantitative estimate of drug-likeness (QED) is 0.289. The molecule has 7 heteroatoms. The number of carbonyl (C=O) groups excluding carboxylic acids is 1. The highest BCUT2D eigenvalue weighted by molar-refractivity contribution is 7.90. The minimum atomic E-state index is -3.63. The molecular formula is C28H37N3O3S. The number of unbranched alkanes of at least 4 members (excludes halogenated alkanes) is 5. The Hall–Kier alpha value is -2.93. The van der Waals surface area contributed by atoms with Crippen LogP contribution in [0.1, 0.15) is 86.7 Å². The molecule has 188 valence electrons. The molecule has 0 saturated heterocycles. The summed E-state index contributed by atoms with van der Waals surface area (Å²) in [4.78, 5) is 12.4. The van der Waals surface area contributed by atoms with Gasteiger partial charge in [0.1, 0.15) is 0 Å². The molecule has 0 aliphatic carbocycles. The maximum Gasteiger partial charge on any atom is 0.264 e. The molecule has 0 saturated carbocycles. The SMILES string of the molecule is CCCCCCCCS(=O)(=O)NC(=O)c1ccc(-c2cnn(Cc3ccc(C(C)C)cc3)c2)cc1. The summed E-state index contributed by atoms with van der Waals surface area (Å²) >= 11 is 0. The molecule has 0 aliphatic rings. The van der Waals surface area contributed by atoms with Crippen molar-refractivity contribution in [3.63, 3.8) is 0 Å². The topological polar surface area (TPSA) is 81.1 Å². The molecule has 1 aromatic heterocycles. The molecule has 1 N–H and O–H groups in total. The van der Waals surface area contributed by atoms with E-state index in [0.717, 1.165) is 36.8 Å². The van der Waals surface area contributed by atoms with E-state index in [1.54, 1.807) is 18.3 Å². The van der Waals surface area contributed by atoms with Gasteiger partial charge in [-0.3, -0.25) is 9.48 Å². The van der Waals surface area contributed by atoms with Crippen molar-refractivity contribution >= 4 is 15.9 Å². The lowest BCUT2D eigenvalue weighted by atomic mass is 10.0. The van der Waals surface area contributed by atoms with Crippen LogP contribution in [0.25, 0.3) is 11.1 Å². The Morgan fingerprint density at radius 1 is 0.914 bits per heavy atom. The largest absolute Gasteiger partial charge is 0.268 e. The van der Waals surface area contributed by atoms with E-state index in [9.17, 15) is 13.2 Å². The minimum absolute atomic E-state index is 0.0255. The van der Waals surface area contributed by atoms with Crippen LogP contribution in [0.15, 0.2) is 60.9 Å². The molecule has 3 rings (SSSR count). The first-order chi connectivity index (χ1) is 16.8. The van der Waals surface area contributed by atoms with Crippen LogP contribution in [0.2, 0.25) is 0 Å². The highest BCUT2D eigenvalue weighted by Gasteiger charge is 2.16. The van der Waals surface area contributed by atoms with Gasteiger partial charge in [-0.2, -0.15) is 5.10 Å². The van der Waals surface area contributed by atoms with Crippen LogP contribution in [-0.2, 0) is 16.6 Å². The number of hydrogen-bond donors (Lipinski definition) is 1.